The fraction of sp³-hybridized carbons (Fsp3) is 0. The first-order chi connectivity index (χ1) is 5.61. The van der Waals surface area contributed by atoms with Gasteiger partial charge in [-0.1, -0.05) is 0 Å². The maximum atomic E-state index is 11.1. The molecule has 0 fully saturated rings. The van der Waals surface area contributed by atoms with E-state index in [1.54, 1.807) is 0 Å². The third-order valence-electron chi connectivity index (χ3n) is 1.89. The Hall–Kier alpha value is -1.34. The predicted molar refractivity (Wildman–Crippen MR) is 40.2 cm³/mol. The van der Waals surface area contributed by atoms with Crippen molar-refractivity contribution >= 4 is 0 Å². The second kappa shape index (κ2) is 2.08. The summed E-state index contributed by atoms with van der Waals surface area (Å²) in [4.78, 5) is 0. The maximum Gasteiger partial charge on any atom is 0.229 e. The van der Waals surface area contributed by atoms with Gasteiger partial charge in [-0.3, -0.25) is 0 Å². The molecule has 2 heterocycles. The quantitative estimate of drug-likeness (QED) is 0.283. The van der Waals surface area contributed by atoms with Crippen LogP contribution >= 0.6 is 0 Å². The summed E-state index contributed by atoms with van der Waals surface area (Å²) < 4.78 is 0. The Morgan fingerprint density at radius 3 is 1.58 bits per heavy atom. The molecule has 0 aromatic rings. The van der Waals surface area contributed by atoms with E-state index in [1.807, 2.05) is 0 Å². The molecule has 2 rings (SSSR count). The number of hydrogen-bond acceptors (Lipinski definition) is 4. The number of hydroxylamine groups is 4. The zero-order valence-electron chi connectivity index (χ0n) is 6.13. The number of hydrogen-bond donors (Lipinski definition) is 4. The highest BCUT2D eigenvalue weighted by molar-refractivity contribution is 5.39. The summed E-state index contributed by atoms with van der Waals surface area (Å²) in [5, 5.41) is 21.7. The van der Waals surface area contributed by atoms with Crippen LogP contribution in [0.2, 0.25) is 0 Å². The van der Waals surface area contributed by atoms with E-state index in [1.165, 1.54) is 12.4 Å². The van der Waals surface area contributed by atoms with E-state index in [2.05, 4.69) is 0 Å². The van der Waals surface area contributed by atoms with Gasteiger partial charge in [-0.25, -0.2) is 0 Å². The van der Waals surface area contributed by atoms with Gasteiger partial charge in [0, 0.05) is 0 Å². The van der Waals surface area contributed by atoms with Crippen molar-refractivity contribution in [2.24, 2.45) is 11.5 Å². The predicted octanol–water partition coefficient (Wildman–Crippen LogP) is -3.41. The Balaban J connectivity index is 2.50. The highest BCUT2D eigenvalue weighted by Gasteiger charge is 2.36. The minimum Gasteiger partial charge on any atom is -0.624 e. The third-order valence-corrected chi connectivity index (χ3v) is 1.89. The van der Waals surface area contributed by atoms with Gasteiger partial charge >= 0.3 is 0 Å². The first kappa shape index (κ1) is 7.32. The van der Waals surface area contributed by atoms with Crippen molar-refractivity contribution in [1.29, 1.82) is 0 Å². The average molecular weight is 168 g/mol. The highest BCUT2D eigenvalue weighted by atomic mass is 16.5. The molecule has 64 valence electrons. The molecule has 2 unspecified atom stereocenters. The van der Waals surface area contributed by atoms with Crippen molar-refractivity contribution in [2.75, 3.05) is 0 Å². The molecular weight excluding hydrogens is 160 g/mol. The molecule has 0 radical (unpaired) electrons. The molecule has 6 N–H and O–H groups in total. The Bertz CT molecular complexity index is 298. The van der Waals surface area contributed by atoms with Crippen LogP contribution in [0, 0.1) is 10.4 Å². The number of rotatable bonds is 0. The van der Waals surface area contributed by atoms with Crippen molar-refractivity contribution in [2.45, 2.75) is 0 Å². The molecule has 0 aliphatic carbocycles. The summed E-state index contributed by atoms with van der Waals surface area (Å²) in [5.74, 6) is 0. The summed E-state index contributed by atoms with van der Waals surface area (Å²) in [6, 6.07) is 0. The molecule has 0 saturated carbocycles. The average Bonchev–Trinajstić information content (AvgIpc) is 2.38. The molecule has 0 aromatic heterocycles. The highest BCUT2D eigenvalue weighted by Crippen LogP contribution is 2.12. The monoisotopic (exact) mass is 168 g/mol. The van der Waals surface area contributed by atoms with E-state index in [0.29, 0.717) is 0 Å². The van der Waals surface area contributed by atoms with E-state index in [-0.39, 0.29) is 32.9 Å². The molecule has 12 heavy (non-hydrogen) atoms. The lowest BCUT2D eigenvalue weighted by Crippen LogP contribution is -3.01. The van der Waals surface area contributed by atoms with E-state index in [4.69, 9.17) is 11.5 Å². The lowest BCUT2D eigenvalue weighted by Gasteiger charge is -2.12. The van der Waals surface area contributed by atoms with Gasteiger partial charge < -0.3 is 32.0 Å². The van der Waals surface area contributed by atoms with E-state index >= 15 is 0 Å². The molecule has 6 heteroatoms. The van der Waals surface area contributed by atoms with Crippen molar-refractivity contribution in [1.82, 2.24) is 0 Å². The molecule has 0 spiro atoms. The van der Waals surface area contributed by atoms with Gasteiger partial charge in [0.15, 0.2) is 11.4 Å². The van der Waals surface area contributed by atoms with Crippen LogP contribution in [0.3, 0.4) is 0 Å². The topological polar surface area (TPSA) is 107 Å². The van der Waals surface area contributed by atoms with Crippen LogP contribution in [0.1, 0.15) is 0 Å². The van der Waals surface area contributed by atoms with Gasteiger partial charge in [0.05, 0.1) is 0 Å². The summed E-state index contributed by atoms with van der Waals surface area (Å²) in [7, 11) is 0. The molecule has 0 amide bonds. The van der Waals surface area contributed by atoms with Crippen LogP contribution in [0.25, 0.3) is 0 Å². The molecule has 0 saturated heterocycles. The van der Waals surface area contributed by atoms with Gasteiger partial charge in [-0.15, -0.1) is 0 Å². The fourth-order valence-electron chi connectivity index (χ4n) is 1.39. The maximum absolute atomic E-state index is 11.1. The molecule has 0 bridgehead atoms. The lowest BCUT2D eigenvalue weighted by atomic mass is 10.3. The van der Waals surface area contributed by atoms with Crippen LogP contribution in [0.5, 0.6) is 0 Å². The zero-order valence-corrected chi connectivity index (χ0v) is 6.13. The van der Waals surface area contributed by atoms with Gasteiger partial charge in [0.1, 0.15) is 12.4 Å². The molecule has 0 aromatic carbocycles. The number of nitrogens with one attached hydrogen (secondary N) is 2. The van der Waals surface area contributed by atoms with Gasteiger partial charge in [-0.2, -0.15) is 0 Å². The van der Waals surface area contributed by atoms with Gasteiger partial charge in [0.2, 0.25) is 11.4 Å². The Morgan fingerprint density at radius 2 is 1.25 bits per heavy atom. The second-order valence-electron chi connectivity index (χ2n) is 2.68. The van der Waals surface area contributed by atoms with Crippen LogP contribution in [0.4, 0.5) is 0 Å². The van der Waals surface area contributed by atoms with Gasteiger partial charge in [0.25, 0.3) is 0 Å². The normalized spacial score (nSPS) is 33.5. The second-order valence-corrected chi connectivity index (χ2v) is 2.68. The number of nitrogens with two attached hydrogens (primary N) is 2. The minimum absolute atomic E-state index is 0.219. The number of quaternary nitrogens is 2. The summed E-state index contributed by atoms with van der Waals surface area (Å²) in [6.45, 7) is 0. The summed E-state index contributed by atoms with van der Waals surface area (Å²) in [5.41, 5.74) is 11.8. The van der Waals surface area contributed by atoms with Crippen molar-refractivity contribution in [3.63, 3.8) is 0 Å². The first-order valence-electron chi connectivity index (χ1n) is 3.39. The van der Waals surface area contributed by atoms with E-state index in [0.717, 1.165) is 0 Å². The van der Waals surface area contributed by atoms with Gasteiger partial charge in [-0.05, 0) is 0 Å². The largest absolute Gasteiger partial charge is 0.624 e. The fourth-order valence-corrected chi connectivity index (χ4v) is 1.39. The van der Waals surface area contributed by atoms with Crippen molar-refractivity contribution < 1.29 is 10.1 Å². The van der Waals surface area contributed by atoms with Crippen molar-refractivity contribution in [3.8, 4) is 0 Å². The molecule has 6 nitrogen and oxygen atoms in total. The first-order valence-corrected chi connectivity index (χ1v) is 3.39. The van der Waals surface area contributed by atoms with Crippen molar-refractivity contribution in [3.05, 3.63) is 45.6 Å². The standard InChI is InChI=1S/C6H8N4O2/c7-3-1-9(11)6-4(8)2-10(12)5(3)6/h1-2,9-10H,7-8H2. The van der Waals surface area contributed by atoms with Crippen LogP contribution in [-0.4, -0.2) is 0 Å². The molecule has 2 aliphatic heterocycles. The SMILES string of the molecule is NC1=C[NH+]([O-])C2=C1[NH+]([O-])C=C2N. The van der Waals surface area contributed by atoms with Crippen LogP contribution in [-0.2, 0) is 0 Å². The molecule has 2 atom stereocenters. The van der Waals surface area contributed by atoms with E-state index in [9.17, 15) is 10.4 Å². The minimum atomic E-state index is -0.276. The van der Waals surface area contributed by atoms with Crippen LogP contribution < -0.4 is 21.6 Å². The Kier molecular flexibility index (Phi) is 1.27. The zero-order chi connectivity index (χ0) is 8.88. The Labute approximate surface area is 68.2 Å². The third kappa shape index (κ3) is 0.715. The summed E-state index contributed by atoms with van der Waals surface area (Å²) >= 11 is 0. The summed E-state index contributed by atoms with van der Waals surface area (Å²) in [6.07, 6.45) is 2.45. The smallest absolute Gasteiger partial charge is 0.229 e. The Morgan fingerprint density at radius 1 is 0.917 bits per heavy atom. The van der Waals surface area contributed by atoms with E-state index < -0.39 is 0 Å². The lowest BCUT2D eigenvalue weighted by molar-refractivity contribution is -0.760. The molecule has 2 aliphatic rings. The molecular formula is C6H8N4O2. The van der Waals surface area contributed by atoms with Crippen LogP contribution in [0.15, 0.2) is 35.2 Å².